The topological polar surface area (TPSA) is 24.5 Å². The highest BCUT2D eigenvalue weighted by Gasteiger charge is 2.19. The second kappa shape index (κ2) is 6.75. The number of anilines is 1. The predicted molar refractivity (Wildman–Crippen MR) is 83.9 cm³/mol. The summed E-state index contributed by atoms with van der Waals surface area (Å²) in [4.78, 5) is 2.30. The Morgan fingerprint density at radius 1 is 1.32 bits per heavy atom. The molecular weight excluding hydrogens is 256 g/mol. The van der Waals surface area contributed by atoms with Crippen LogP contribution in [0.25, 0.3) is 0 Å². The molecule has 1 unspecified atom stereocenters. The maximum absolute atomic E-state index is 5.56. The van der Waals surface area contributed by atoms with Crippen LogP contribution in [0.5, 0.6) is 5.75 Å². The Bertz CT molecular complexity index is 436. The fraction of sp³-hybridized carbons (Fsp3) is 0.533. The second-order valence-electron chi connectivity index (χ2n) is 5.02. The molecule has 1 heterocycles. The van der Waals surface area contributed by atoms with Crippen LogP contribution in [0, 0.1) is 0 Å². The van der Waals surface area contributed by atoms with Crippen molar-refractivity contribution in [2.75, 3.05) is 19.0 Å². The van der Waals surface area contributed by atoms with Crippen LogP contribution in [-0.2, 0) is 0 Å². The molecule has 1 aliphatic heterocycles. The first kappa shape index (κ1) is 14.1. The normalized spacial score (nSPS) is 19.7. The van der Waals surface area contributed by atoms with Gasteiger partial charge < -0.3 is 15.0 Å². The summed E-state index contributed by atoms with van der Waals surface area (Å²) < 4.78 is 5.34. The maximum atomic E-state index is 5.56. The van der Waals surface area contributed by atoms with Gasteiger partial charge in [-0.25, -0.2) is 0 Å². The summed E-state index contributed by atoms with van der Waals surface area (Å²) >= 11 is 5.56. The molecule has 3 nitrogen and oxygen atoms in total. The number of ether oxygens (including phenoxy) is 1. The number of likely N-dealkylation sites (tertiary alicyclic amines) is 1. The van der Waals surface area contributed by atoms with E-state index < -0.39 is 0 Å². The van der Waals surface area contributed by atoms with Crippen molar-refractivity contribution in [2.24, 2.45) is 0 Å². The SMILES string of the molecule is COc1ccccc1NC(=S)N1CCCCCC1C. The first-order chi connectivity index (χ1) is 9.22. The molecule has 19 heavy (non-hydrogen) atoms. The third-order valence-corrected chi connectivity index (χ3v) is 4.00. The standard InChI is InChI=1S/C15H22N2OS/c1-12-8-4-3-7-11-17(12)15(19)16-13-9-5-6-10-14(13)18-2/h5-6,9-10,12H,3-4,7-8,11H2,1-2H3,(H,16,19). The number of nitrogens with zero attached hydrogens (tertiary/aromatic N) is 1. The fourth-order valence-corrected chi connectivity index (χ4v) is 2.89. The molecule has 0 spiro atoms. The van der Waals surface area contributed by atoms with Crippen LogP contribution in [0.1, 0.15) is 32.6 Å². The lowest BCUT2D eigenvalue weighted by Gasteiger charge is -2.30. The van der Waals surface area contributed by atoms with E-state index in [4.69, 9.17) is 17.0 Å². The molecule has 1 aliphatic rings. The van der Waals surface area contributed by atoms with Crippen LogP contribution in [0.3, 0.4) is 0 Å². The molecule has 1 aromatic carbocycles. The van der Waals surface area contributed by atoms with Crippen LogP contribution >= 0.6 is 12.2 Å². The van der Waals surface area contributed by atoms with Gasteiger partial charge in [0.15, 0.2) is 5.11 Å². The highest BCUT2D eigenvalue weighted by molar-refractivity contribution is 7.80. The summed E-state index contributed by atoms with van der Waals surface area (Å²) in [6, 6.07) is 8.39. The van der Waals surface area contributed by atoms with Gasteiger partial charge in [-0.1, -0.05) is 25.0 Å². The monoisotopic (exact) mass is 278 g/mol. The first-order valence-corrected chi connectivity index (χ1v) is 7.34. The van der Waals surface area contributed by atoms with Crippen LogP contribution in [0.4, 0.5) is 5.69 Å². The van der Waals surface area contributed by atoms with Gasteiger partial charge in [0.2, 0.25) is 0 Å². The summed E-state index contributed by atoms with van der Waals surface area (Å²) in [6.45, 7) is 3.30. The molecule has 1 saturated heterocycles. The Morgan fingerprint density at radius 2 is 2.11 bits per heavy atom. The molecule has 104 valence electrons. The molecule has 0 bridgehead atoms. The molecular formula is C15H22N2OS. The number of benzene rings is 1. The van der Waals surface area contributed by atoms with Crippen LogP contribution in [0.15, 0.2) is 24.3 Å². The average molecular weight is 278 g/mol. The van der Waals surface area contributed by atoms with Gasteiger partial charge in [0.25, 0.3) is 0 Å². The molecule has 1 atom stereocenters. The second-order valence-corrected chi connectivity index (χ2v) is 5.41. The minimum atomic E-state index is 0.511. The fourth-order valence-electron chi connectivity index (χ4n) is 2.51. The molecule has 4 heteroatoms. The van der Waals surface area contributed by atoms with Crippen LogP contribution in [-0.4, -0.2) is 29.7 Å². The number of thiocarbonyl (C=S) groups is 1. The van der Waals surface area contributed by atoms with E-state index in [1.807, 2.05) is 24.3 Å². The number of methoxy groups -OCH3 is 1. The third-order valence-electron chi connectivity index (χ3n) is 3.66. The largest absolute Gasteiger partial charge is 0.495 e. The lowest BCUT2D eigenvalue weighted by molar-refractivity contribution is 0.341. The van der Waals surface area contributed by atoms with Gasteiger partial charge in [-0.05, 0) is 44.1 Å². The van der Waals surface area contributed by atoms with E-state index in [9.17, 15) is 0 Å². The van der Waals surface area contributed by atoms with E-state index in [1.165, 1.54) is 25.7 Å². The highest BCUT2D eigenvalue weighted by Crippen LogP contribution is 2.24. The zero-order valence-corrected chi connectivity index (χ0v) is 12.5. The van der Waals surface area contributed by atoms with Gasteiger partial charge in [-0.2, -0.15) is 0 Å². The van der Waals surface area contributed by atoms with Crippen molar-refractivity contribution in [1.29, 1.82) is 0 Å². The van der Waals surface area contributed by atoms with Crippen molar-refractivity contribution < 1.29 is 4.74 Å². The van der Waals surface area contributed by atoms with Gasteiger partial charge in [0.05, 0.1) is 12.8 Å². The molecule has 0 amide bonds. The van der Waals surface area contributed by atoms with E-state index in [0.29, 0.717) is 6.04 Å². The Labute approximate surface area is 120 Å². The first-order valence-electron chi connectivity index (χ1n) is 6.93. The van der Waals surface area contributed by atoms with Crippen molar-refractivity contribution in [3.63, 3.8) is 0 Å². The molecule has 0 aliphatic carbocycles. The average Bonchev–Trinajstić information content (AvgIpc) is 2.64. The van der Waals surface area contributed by atoms with Crippen molar-refractivity contribution in [2.45, 2.75) is 38.6 Å². The van der Waals surface area contributed by atoms with Crippen molar-refractivity contribution in [3.05, 3.63) is 24.3 Å². The lowest BCUT2D eigenvalue weighted by atomic mass is 10.1. The summed E-state index contributed by atoms with van der Waals surface area (Å²) in [7, 11) is 1.68. The van der Waals surface area contributed by atoms with E-state index in [0.717, 1.165) is 23.1 Å². The lowest BCUT2D eigenvalue weighted by Crippen LogP contribution is -2.40. The number of rotatable bonds is 2. The maximum Gasteiger partial charge on any atom is 0.173 e. The van der Waals surface area contributed by atoms with Gasteiger partial charge in [-0.15, -0.1) is 0 Å². The van der Waals surface area contributed by atoms with E-state index in [-0.39, 0.29) is 0 Å². The molecule has 0 radical (unpaired) electrons. The third kappa shape index (κ3) is 3.60. The minimum Gasteiger partial charge on any atom is -0.495 e. The van der Waals surface area contributed by atoms with Crippen LogP contribution < -0.4 is 10.1 Å². The molecule has 1 N–H and O–H groups in total. The van der Waals surface area contributed by atoms with Crippen LogP contribution in [0.2, 0.25) is 0 Å². The van der Waals surface area contributed by atoms with E-state index in [2.05, 4.69) is 17.1 Å². The van der Waals surface area contributed by atoms with Gasteiger partial charge in [-0.3, -0.25) is 0 Å². The Kier molecular flexibility index (Phi) is 5.02. The number of hydrogen-bond donors (Lipinski definition) is 1. The van der Waals surface area contributed by atoms with E-state index >= 15 is 0 Å². The molecule has 2 rings (SSSR count). The molecule has 1 fully saturated rings. The highest BCUT2D eigenvalue weighted by atomic mass is 32.1. The van der Waals surface area contributed by atoms with Crippen molar-refractivity contribution in [3.8, 4) is 5.75 Å². The van der Waals surface area contributed by atoms with Gasteiger partial charge >= 0.3 is 0 Å². The molecule has 0 saturated carbocycles. The van der Waals surface area contributed by atoms with Gasteiger partial charge in [0.1, 0.15) is 5.75 Å². The summed E-state index contributed by atoms with van der Waals surface area (Å²) in [5.41, 5.74) is 0.937. The number of hydrogen-bond acceptors (Lipinski definition) is 2. The minimum absolute atomic E-state index is 0.511. The zero-order chi connectivity index (χ0) is 13.7. The van der Waals surface area contributed by atoms with Gasteiger partial charge in [0, 0.05) is 12.6 Å². The zero-order valence-electron chi connectivity index (χ0n) is 11.7. The predicted octanol–water partition coefficient (Wildman–Crippen LogP) is 3.66. The summed E-state index contributed by atoms with van der Waals surface area (Å²) in [5, 5.41) is 4.13. The summed E-state index contributed by atoms with van der Waals surface area (Å²) in [5.74, 6) is 0.826. The summed E-state index contributed by atoms with van der Waals surface area (Å²) in [6.07, 6.45) is 5.04. The van der Waals surface area contributed by atoms with E-state index in [1.54, 1.807) is 7.11 Å². The Morgan fingerprint density at radius 3 is 2.89 bits per heavy atom. The quantitative estimate of drug-likeness (QED) is 0.835. The smallest absolute Gasteiger partial charge is 0.173 e. The Balaban J connectivity index is 2.07. The molecule has 1 aromatic rings. The number of nitrogens with one attached hydrogen (secondary N) is 1. The molecule has 0 aromatic heterocycles. The Hall–Kier alpha value is -1.29. The van der Waals surface area contributed by atoms with Crippen molar-refractivity contribution >= 4 is 23.0 Å². The number of para-hydroxylation sites is 2. The van der Waals surface area contributed by atoms with Crippen molar-refractivity contribution in [1.82, 2.24) is 4.90 Å².